The summed E-state index contributed by atoms with van der Waals surface area (Å²) >= 11 is 6.08. The van der Waals surface area contributed by atoms with E-state index in [1.807, 2.05) is 0 Å². The van der Waals surface area contributed by atoms with Crippen LogP contribution in [-0.4, -0.2) is 37.0 Å². The molecule has 1 aliphatic carbocycles. The number of sulfonamides is 1. The Morgan fingerprint density at radius 3 is 2.73 bits per heavy atom. The molecule has 1 aromatic rings. The monoisotopic (exact) mass is 343 g/mol. The van der Waals surface area contributed by atoms with Gasteiger partial charge in [0, 0.05) is 23.5 Å². The van der Waals surface area contributed by atoms with Crippen molar-refractivity contribution in [2.24, 2.45) is 5.41 Å². The molecule has 2 aliphatic rings. The molecule has 0 unspecified atom stereocenters. The summed E-state index contributed by atoms with van der Waals surface area (Å²) in [5, 5.41) is 10.8. The molecule has 0 radical (unpaired) electrons. The van der Waals surface area contributed by atoms with Crippen LogP contribution in [0.4, 0.5) is 0 Å². The van der Waals surface area contributed by atoms with Gasteiger partial charge in [-0.15, -0.1) is 0 Å². The van der Waals surface area contributed by atoms with Crippen molar-refractivity contribution in [3.8, 4) is 0 Å². The number of nitrogens with zero attached hydrogens (tertiary/aromatic N) is 1. The summed E-state index contributed by atoms with van der Waals surface area (Å²) in [6.45, 7) is 2.67. The molecule has 6 heteroatoms. The maximum Gasteiger partial charge on any atom is 0.243 e. The number of aliphatic hydroxyl groups is 1. The van der Waals surface area contributed by atoms with E-state index in [-0.39, 0.29) is 16.4 Å². The molecule has 1 aromatic carbocycles. The molecule has 22 heavy (non-hydrogen) atoms. The summed E-state index contributed by atoms with van der Waals surface area (Å²) in [5.41, 5.74) is 0.341. The smallest absolute Gasteiger partial charge is 0.243 e. The Kier molecular flexibility index (Phi) is 4.27. The van der Waals surface area contributed by atoms with Crippen molar-refractivity contribution in [3.63, 3.8) is 0 Å². The predicted octanol–water partition coefficient (Wildman–Crippen LogP) is 2.96. The third-order valence-corrected chi connectivity index (χ3v) is 7.67. The maximum absolute atomic E-state index is 13.0. The highest BCUT2D eigenvalue weighted by molar-refractivity contribution is 7.89. The standard InChI is InChI=1S/C16H22ClNO3S/c1-12-13(17)5-2-6-14(12)22(20,21)18-10-4-9-16(11-18)8-3-7-15(16)19/h2,5-6,15,19H,3-4,7-11H2,1H3/t15-,16-/m1/s1. The quantitative estimate of drug-likeness (QED) is 0.898. The van der Waals surface area contributed by atoms with Gasteiger partial charge in [0.05, 0.1) is 11.0 Å². The largest absolute Gasteiger partial charge is 0.392 e. The fourth-order valence-electron chi connectivity index (χ4n) is 3.92. The predicted molar refractivity (Wildman–Crippen MR) is 86.5 cm³/mol. The summed E-state index contributed by atoms with van der Waals surface area (Å²) in [7, 11) is -3.56. The Labute approximate surface area is 137 Å². The first-order chi connectivity index (χ1) is 10.4. The molecular weight excluding hydrogens is 322 g/mol. The van der Waals surface area contributed by atoms with E-state index in [1.165, 1.54) is 0 Å². The molecule has 1 heterocycles. The molecule has 2 fully saturated rings. The Hall–Kier alpha value is -0.620. The number of halogens is 1. The van der Waals surface area contributed by atoms with Gasteiger partial charge in [-0.3, -0.25) is 0 Å². The third-order valence-electron chi connectivity index (χ3n) is 5.27. The van der Waals surface area contributed by atoms with Crippen molar-refractivity contribution in [2.75, 3.05) is 13.1 Å². The van der Waals surface area contributed by atoms with Gasteiger partial charge in [0.25, 0.3) is 0 Å². The van der Waals surface area contributed by atoms with E-state index in [1.54, 1.807) is 29.4 Å². The van der Waals surface area contributed by atoms with Crippen molar-refractivity contribution in [2.45, 2.75) is 50.0 Å². The zero-order valence-electron chi connectivity index (χ0n) is 12.8. The molecule has 0 aromatic heterocycles. The SMILES string of the molecule is Cc1c(Cl)cccc1S(=O)(=O)N1CCC[C@]2(CCC[C@H]2O)C1. The number of aliphatic hydroxyl groups excluding tert-OH is 1. The lowest BCUT2D eigenvalue weighted by Gasteiger charge is -2.42. The van der Waals surface area contributed by atoms with E-state index in [0.717, 1.165) is 32.1 Å². The molecule has 1 aliphatic heterocycles. The van der Waals surface area contributed by atoms with Crippen molar-refractivity contribution in [1.29, 1.82) is 0 Å². The highest BCUT2D eigenvalue weighted by atomic mass is 35.5. The number of hydrogen-bond acceptors (Lipinski definition) is 3. The number of piperidine rings is 1. The van der Waals surface area contributed by atoms with Crippen LogP contribution < -0.4 is 0 Å². The molecule has 1 N–H and O–H groups in total. The van der Waals surface area contributed by atoms with Crippen molar-refractivity contribution in [3.05, 3.63) is 28.8 Å². The van der Waals surface area contributed by atoms with Gasteiger partial charge in [-0.1, -0.05) is 24.1 Å². The summed E-state index contributed by atoms with van der Waals surface area (Å²) < 4.78 is 27.5. The Morgan fingerprint density at radius 1 is 1.32 bits per heavy atom. The van der Waals surface area contributed by atoms with E-state index >= 15 is 0 Å². The van der Waals surface area contributed by atoms with Crippen LogP contribution in [0.3, 0.4) is 0 Å². The summed E-state index contributed by atoms with van der Waals surface area (Å²) in [6, 6.07) is 4.99. The Balaban J connectivity index is 1.94. The lowest BCUT2D eigenvalue weighted by Crippen LogP contribution is -2.49. The van der Waals surface area contributed by atoms with Crippen LogP contribution >= 0.6 is 11.6 Å². The van der Waals surface area contributed by atoms with Gasteiger partial charge >= 0.3 is 0 Å². The second-order valence-electron chi connectivity index (χ2n) is 6.58. The van der Waals surface area contributed by atoms with Gasteiger partial charge < -0.3 is 5.11 Å². The zero-order valence-corrected chi connectivity index (χ0v) is 14.3. The van der Waals surface area contributed by atoms with Crippen LogP contribution in [-0.2, 0) is 10.0 Å². The van der Waals surface area contributed by atoms with Gasteiger partial charge in [0.1, 0.15) is 0 Å². The average molecular weight is 344 g/mol. The third kappa shape index (κ3) is 2.58. The number of hydrogen-bond donors (Lipinski definition) is 1. The zero-order chi connectivity index (χ0) is 16.0. The maximum atomic E-state index is 13.0. The van der Waals surface area contributed by atoms with Gasteiger partial charge in [0.2, 0.25) is 10.0 Å². The normalized spacial score (nSPS) is 30.0. The highest BCUT2D eigenvalue weighted by Gasteiger charge is 2.47. The number of benzene rings is 1. The van der Waals surface area contributed by atoms with E-state index in [2.05, 4.69) is 0 Å². The molecule has 1 saturated carbocycles. The Bertz CT molecular complexity index is 676. The minimum absolute atomic E-state index is 0.252. The molecule has 0 amide bonds. The van der Waals surface area contributed by atoms with Crippen LogP contribution in [0, 0.1) is 12.3 Å². The molecule has 122 valence electrons. The highest BCUT2D eigenvalue weighted by Crippen LogP contribution is 2.46. The van der Waals surface area contributed by atoms with Crippen molar-refractivity contribution < 1.29 is 13.5 Å². The topological polar surface area (TPSA) is 57.6 Å². The first-order valence-corrected chi connectivity index (χ1v) is 9.62. The van der Waals surface area contributed by atoms with E-state index < -0.39 is 10.0 Å². The fourth-order valence-corrected chi connectivity index (χ4v) is 5.98. The molecule has 0 bridgehead atoms. The summed E-state index contributed by atoms with van der Waals surface area (Å²) in [5.74, 6) is 0. The van der Waals surface area contributed by atoms with Gasteiger partial charge in [-0.2, -0.15) is 4.31 Å². The summed E-state index contributed by atoms with van der Waals surface area (Å²) in [4.78, 5) is 0.282. The average Bonchev–Trinajstić information content (AvgIpc) is 2.82. The molecule has 2 atom stereocenters. The lowest BCUT2D eigenvalue weighted by atomic mass is 9.77. The molecule has 4 nitrogen and oxygen atoms in total. The minimum atomic E-state index is -3.56. The first kappa shape index (κ1) is 16.2. The van der Waals surface area contributed by atoms with Crippen LogP contribution in [0.25, 0.3) is 0 Å². The van der Waals surface area contributed by atoms with Gasteiger partial charge in [-0.05, 0) is 50.3 Å². The lowest BCUT2D eigenvalue weighted by molar-refractivity contribution is 0.0127. The van der Waals surface area contributed by atoms with Crippen LogP contribution in [0.5, 0.6) is 0 Å². The van der Waals surface area contributed by atoms with Gasteiger partial charge in [0.15, 0.2) is 0 Å². The van der Waals surface area contributed by atoms with Crippen LogP contribution in [0.2, 0.25) is 5.02 Å². The van der Waals surface area contributed by atoms with Crippen LogP contribution in [0.15, 0.2) is 23.1 Å². The fraction of sp³-hybridized carbons (Fsp3) is 0.625. The second kappa shape index (κ2) is 5.78. The second-order valence-corrected chi connectivity index (χ2v) is 8.89. The van der Waals surface area contributed by atoms with Crippen molar-refractivity contribution >= 4 is 21.6 Å². The first-order valence-electron chi connectivity index (χ1n) is 7.80. The summed E-state index contributed by atoms with van der Waals surface area (Å²) in [6.07, 6.45) is 4.00. The van der Waals surface area contributed by atoms with Gasteiger partial charge in [-0.25, -0.2) is 8.42 Å². The van der Waals surface area contributed by atoms with E-state index in [0.29, 0.717) is 23.7 Å². The number of rotatable bonds is 2. The molecular formula is C16H22ClNO3S. The molecule has 1 saturated heterocycles. The van der Waals surface area contributed by atoms with Crippen LogP contribution in [0.1, 0.15) is 37.7 Å². The van der Waals surface area contributed by atoms with E-state index in [9.17, 15) is 13.5 Å². The van der Waals surface area contributed by atoms with Crippen molar-refractivity contribution in [1.82, 2.24) is 4.31 Å². The minimum Gasteiger partial charge on any atom is -0.392 e. The van der Waals surface area contributed by atoms with E-state index in [4.69, 9.17) is 11.6 Å². The molecule has 1 spiro atoms. The molecule has 3 rings (SSSR count). The Morgan fingerprint density at radius 2 is 2.05 bits per heavy atom.